The van der Waals surface area contributed by atoms with Crippen molar-refractivity contribution in [3.05, 3.63) is 12.2 Å². The molecule has 0 aromatic heterocycles. The second-order valence-electron chi connectivity index (χ2n) is 6.57. The normalized spacial score (nSPS) is 31.6. The van der Waals surface area contributed by atoms with Crippen LogP contribution in [-0.2, 0) is 14.3 Å². The summed E-state index contributed by atoms with van der Waals surface area (Å²) in [4.78, 5) is 23.7. The predicted molar refractivity (Wildman–Crippen MR) is 78.7 cm³/mol. The van der Waals surface area contributed by atoms with Gasteiger partial charge in [0.25, 0.3) is 0 Å². The molecule has 5 heteroatoms. The van der Waals surface area contributed by atoms with Crippen LogP contribution in [0.2, 0.25) is 0 Å². The summed E-state index contributed by atoms with van der Waals surface area (Å²) in [5, 5.41) is 12.2. The number of carboxylic acid groups (broad SMARTS) is 1. The minimum atomic E-state index is -0.959. The molecule has 118 valence electrons. The first kappa shape index (κ1) is 16.0. The maximum absolute atomic E-state index is 12.4. The lowest BCUT2D eigenvalue weighted by atomic mass is 9.82. The Morgan fingerprint density at radius 3 is 2.33 bits per heavy atom. The molecule has 5 atom stereocenters. The Morgan fingerprint density at radius 1 is 1.14 bits per heavy atom. The summed E-state index contributed by atoms with van der Waals surface area (Å²) in [5.74, 6) is -1.86. The molecular formula is C16H25NO4. The molecule has 0 spiro atoms. The average molecular weight is 295 g/mol. The van der Waals surface area contributed by atoms with Crippen LogP contribution >= 0.6 is 0 Å². The number of carbonyl (C=O) groups is 2. The maximum Gasteiger partial charge on any atom is 0.310 e. The number of aliphatic carboxylic acids is 1. The quantitative estimate of drug-likeness (QED) is 0.704. The molecule has 0 saturated carbocycles. The first-order chi connectivity index (χ1) is 9.90. The van der Waals surface area contributed by atoms with Gasteiger partial charge in [0.05, 0.1) is 18.1 Å². The van der Waals surface area contributed by atoms with E-state index in [9.17, 15) is 14.7 Å². The number of carboxylic acids is 1. The minimum absolute atomic E-state index is 0.0637. The van der Waals surface area contributed by atoms with Gasteiger partial charge in [-0.15, -0.1) is 0 Å². The highest BCUT2D eigenvalue weighted by atomic mass is 16.5. The van der Waals surface area contributed by atoms with Gasteiger partial charge in [-0.1, -0.05) is 38.8 Å². The Kier molecular flexibility index (Phi) is 5.04. The lowest BCUT2D eigenvalue weighted by Gasteiger charge is -2.23. The number of amides is 1. The molecule has 0 aromatic carbocycles. The van der Waals surface area contributed by atoms with Crippen LogP contribution in [0.3, 0.4) is 0 Å². The largest absolute Gasteiger partial charge is 0.481 e. The summed E-state index contributed by atoms with van der Waals surface area (Å²) in [6.45, 7) is 6.33. The molecule has 0 unspecified atom stereocenters. The van der Waals surface area contributed by atoms with E-state index in [0.717, 1.165) is 19.3 Å². The molecule has 2 N–H and O–H groups in total. The molecule has 2 aliphatic heterocycles. The van der Waals surface area contributed by atoms with Crippen LogP contribution in [0.5, 0.6) is 0 Å². The van der Waals surface area contributed by atoms with Gasteiger partial charge in [-0.05, 0) is 19.3 Å². The first-order valence-corrected chi connectivity index (χ1v) is 7.77. The topological polar surface area (TPSA) is 75.6 Å². The third-order valence-corrected chi connectivity index (χ3v) is 4.29. The average Bonchev–Trinajstić information content (AvgIpc) is 2.97. The molecule has 2 heterocycles. The number of rotatable bonds is 7. The second kappa shape index (κ2) is 6.60. The fraction of sp³-hybridized carbons (Fsp3) is 0.750. The number of hydrogen-bond acceptors (Lipinski definition) is 3. The van der Waals surface area contributed by atoms with Gasteiger partial charge in [-0.25, -0.2) is 0 Å². The Labute approximate surface area is 125 Å². The Morgan fingerprint density at radius 2 is 1.76 bits per heavy atom. The van der Waals surface area contributed by atoms with Crippen LogP contribution in [0.1, 0.15) is 40.0 Å². The van der Waals surface area contributed by atoms with E-state index in [1.165, 1.54) is 0 Å². The highest BCUT2D eigenvalue weighted by molar-refractivity contribution is 5.87. The van der Waals surface area contributed by atoms with Gasteiger partial charge in [-0.3, -0.25) is 9.59 Å². The molecule has 1 saturated heterocycles. The fourth-order valence-corrected chi connectivity index (χ4v) is 3.16. The van der Waals surface area contributed by atoms with E-state index >= 15 is 0 Å². The van der Waals surface area contributed by atoms with Crippen LogP contribution in [0.4, 0.5) is 0 Å². The summed E-state index contributed by atoms with van der Waals surface area (Å²) in [6.07, 6.45) is 5.82. The molecule has 21 heavy (non-hydrogen) atoms. The van der Waals surface area contributed by atoms with Crippen LogP contribution < -0.4 is 5.32 Å². The summed E-state index contributed by atoms with van der Waals surface area (Å²) >= 11 is 0. The van der Waals surface area contributed by atoms with E-state index in [1.54, 1.807) is 12.2 Å². The molecule has 2 rings (SSSR count). The molecule has 1 fully saturated rings. The molecule has 0 radical (unpaired) electrons. The fourth-order valence-electron chi connectivity index (χ4n) is 3.16. The zero-order valence-electron chi connectivity index (χ0n) is 12.9. The third-order valence-electron chi connectivity index (χ3n) is 4.29. The zero-order chi connectivity index (χ0) is 15.6. The third kappa shape index (κ3) is 3.64. The van der Waals surface area contributed by atoms with Crippen molar-refractivity contribution in [3.63, 3.8) is 0 Å². The lowest BCUT2D eigenvalue weighted by Crippen LogP contribution is -2.45. The van der Waals surface area contributed by atoms with Gasteiger partial charge in [0.2, 0.25) is 5.91 Å². The predicted octanol–water partition coefficient (Wildman–Crippen LogP) is 1.97. The maximum atomic E-state index is 12.4. The van der Waals surface area contributed by atoms with E-state index in [-0.39, 0.29) is 18.1 Å². The molecule has 0 aromatic rings. The van der Waals surface area contributed by atoms with Gasteiger partial charge < -0.3 is 15.2 Å². The standard InChI is InChI=1S/C16H25NO4/c1-9(2)5-4-6-10(3)17-15(18)13-11-7-8-12(21-11)14(13)16(19)20/h7-14H,4-6H2,1-3H3,(H,17,18)(H,19,20)/t10-,11+,12+,13+,14-/m0/s1. The van der Waals surface area contributed by atoms with Crippen LogP contribution in [0, 0.1) is 17.8 Å². The minimum Gasteiger partial charge on any atom is -0.481 e. The SMILES string of the molecule is CC(C)CCC[C@H](C)NC(=O)[C@H]1[C@@H](C(=O)O)[C@H]2C=C[C@H]1O2. The van der Waals surface area contributed by atoms with Crippen molar-refractivity contribution in [3.8, 4) is 0 Å². The van der Waals surface area contributed by atoms with Crippen molar-refractivity contribution in [2.75, 3.05) is 0 Å². The van der Waals surface area contributed by atoms with Crippen molar-refractivity contribution in [1.82, 2.24) is 5.32 Å². The van der Waals surface area contributed by atoms with E-state index in [1.807, 2.05) is 6.92 Å². The highest BCUT2D eigenvalue weighted by Crippen LogP contribution is 2.39. The second-order valence-corrected chi connectivity index (χ2v) is 6.57. The number of nitrogens with one attached hydrogen (secondary N) is 1. The van der Waals surface area contributed by atoms with E-state index in [4.69, 9.17) is 4.74 Å². The molecule has 5 nitrogen and oxygen atoms in total. The van der Waals surface area contributed by atoms with Crippen molar-refractivity contribution < 1.29 is 19.4 Å². The summed E-state index contributed by atoms with van der Waals surface area (Å²) in [5.41, 5.74) is 0. The number of fused-ring (bicyclic) bond motifs is 2. The Balaban J connectivity index is 1.88. The van der Waals surface area contributed by atoms with Gasteiger partial charge in [0.1, 0.15) is 5.92 Å². The molecule has 1 amide bonds. The smallest absolute Gasteiger partial charge is 0.310 e. The van der Waals surface area contributed by atoms with Gasteiger partial charge in [0, 0.05) is 6.04 Å². The van der Waals surface area contributed by atoms with E-state index in [0.29, 0.717) is 5.92 Å². The monoisotopic (exact) mass is 295 g/mol. The van der Waals surface area contributed by atoms with Crippen molar-refractivity contribution >= 4 is 11.9 Å². The number of ether oxygens (including phenoxy) is 1. The van der Waals surface area contributed by atoms with Crippen molar-refractivity contribution in [2.45, 2.75) is 58.3 Å². The number of hydrogen-bond donors (Lipinski definition) is 2. The Hall–Kier alpha value is -1.36. The highest BCUT2D eigenvalue weighted by Gasteiger charge is 2.53. The molecule has 0 aliphatic carbocycles. The van der Waals surface area contributed by atoms with E-state index < -0.39 is 23.9 Å². The van der Waals surface area contributed by atoms with Gasteiger partial charge >= 0.3 is 5.97 Å². The summed E-state index contributed by atoms with van der Waals surface area (Å²) in [6, 6.07) is 0.0637. The lowest BCUT2D eigenvalue weighted by molar-refractivity contribution is -0.146. The molecular weight excluding hydrogens is 270 g/mol. The van der Waals surface area contributed by atoms with Gasteiger partial charge in [-0.2, -0.15) is 0 Å². The molecule has 2 aliphatic rings. The van der Waals surface area contributed by atoms with Crippen LogP contribution in [-0.4, -0.2) is 35.2 Å². The first-order valence-electron chi connectivity index (χ1n) is 7.77. The van der Waals surface area contributed by atoms with Crippen molar-refractivity contribution in [2.24, 2.45) is 17.8 Å². The van der Waals surface area contributed by atoms with Crippen LogP contribution in [0.15, 0.2) is 12.2 Å². The number of carbonyl (C=O) groups excluding carboxylic acids is 1. The summed E-state index contributed by atoms with van der Waals surface area (Å²) in [7, 11) is 0. The molecule has 2 bridgehead atoms. The van der Waals surface area contributed by atoms with Gasteiger partial charge in [0.15, 0.2) is 0 Å². The Bertz CT molecular complexity index is 432. The zero-order valence-corrected chi connectivity index (χ0v) is 12.9. The summed E-state index contributed by atoms with van der Waals surface area (Å²) < 4.78 is 5.52. The van der Waals surface area contributed by atoms with E-state index in [2.05, 4.69) is 19.2 Å². The van der Waals surface area contributed by atoms with Crippen LogP contribution in [0.25, 0.3) is 0 Å². The van der Waals surface area contributed by atoms with Crippen molar-refractivity contribution in [1.29, 1.82) is 0 Å².